The Morgan fingerprint density at radius 2 is 0.600 bits per heavy atom. The van der Waals surface area contributed by atoms with Crippen molar-refractivity contribution in [1.82, 2.24) is 15.0 Å². The number of hydrogen-bond donors (Lipinski definition) is 0. The van der Waals surface area contributed by atoms with Gasteiger partial charge in [-0.05, 0) is 78.5 Å². The van der Waals surface area contributed by atoms with Crippen LogP contribution in [-0.2, 0) is 0 Å². The molecule has 0 N–H and O–H groups in total. The van der Waals surface area contributed by atoms with Crippen LogP contribution in [0.25, 0.3) is 121 Å². The Bertz CT molecular complexity index is 3670. The fourth-order valence-corrected chi connectivity index (χ4v) is 10.3. The van der Waals surface area contributed by atoms with Crippen molar-refractivity contribution in [2.45, 2.75) is 0 Å². The van der Waals surface area contributed by atoms with Gasteiger partial charge in [0, 0.05) is 36.9 Å². The fourth-order valence-electron chi connectivity index (χ4n) is 9.19. The van der Waals surface area contributed by atoms with Gasteiger partial charge in [0.15, 0.2) is 17.5 Å². The maximum Gasteiger partial charge on any atom is 0.164 e. The molecule has 0 aliphatic rings. The maximum atomic E-state index is 5.18. The van der Waals surface area contributed by atoms with Crippen LogP contribution in [0.3, 0.4) is 0 Å². The van der Waals surface area contributed by atoms with Gasteiger partial charge in [0.05, 0.1) is 0 Å². The quantitative estimate of drug-likeness (QED) is 0.153. The Labute approximate surface area is 381 Å². The summed E-state index contributed by atoms with van der Waals surface area (Å²) in [5, 5.41) is 5.08. The van der Waals surface area contributed by atoms with Gasteiger partial charge in [-0.3, -0.25) is 0 Å². The minimum atomic E-state index is 0.624. The molecule has 2 heterocycles. The molecule has 0 aliphatic carbocycles. The standard InChI is InChI=1S/C61H39N3S/c1-3-14-40(15-4-1)41-26-34-46(35-27-41)59-62-60(64-61(63-59)54-21-10-7-18-48(54)42-16-5-2-6-17-42)47-36-32-44(33-37-47)50-39-38-49(52-19-8-9-20-53(50)52)43-28-30-45(31-29-43)51-23-13-25-57-58(51)55-22-11-12-24-56(55)65-57/h1-39H. The molecule has 65 heavy (non-hydrogen) atoms. The minimum absolute atomic E-state index is 0.624. The first-order valence-corrected chi connectivity index (χ1v) is 22.7. The normalized spacial score (nSPS) is 11.4. The first-order valence-electron chi connectivity index (χ1n) is 21.9. The van der Waals surface area contributed by atoms with E-state index in [2.05, 4.69) is 218 Å². The van der Waals surface area contributed by atoms with Crippen molar-refractivity contribution < 1.29 is 0 Å². The van der Waals surface area contributed by atoms with Gasteiger partial charge in [-0.1, -0.05) is 224 Å². The van der Waals surface area contributed by atoms with Gasteiger partial charge in [-0.2, -0.15) is 0 Å². The lowest BCUT2D eigenvalue weighted by atomic mass is 9.91. The molecule has 0 aliphatic heterocycles. The largest absolute Gasteiger partial charge is 0.208 e. The molecule has 3 nitrogen and oxygen atoms in total. The average molecular weight is 846 g/mol. The van der Waals surface area contributed by atoms with Gasteiger partial charge >= 0.3 is 0 Å². The smallest absolute Gasteiger partial charge is 0.164 e. The summed E-state index contributed by atoms with van der Waals surface area (Å²) in [6, 6.07) is 84.1. The number of benzene rings is 10. The number of aromatic nitrogens is 3. The van der Waals surface area contributed by atoms with Crippen molar-refractivity contribution in [2.24, 2.45) is 0 Å². The van der Waals surface area contributed by atoms with Crippen LogP contribution in [0.2, 0.25) is 0 Å². The van der Waals surface area contributed by atoms with E-state index in [0.29, 0.717) is 17.5 Å². The number of hydrogen-bond acceptors (Lipinski definition) is 4. The summed E-state index contributed by atoms with van der Waals surface area (Å²) in [4.78, 5) is 15.4. The molecule has 0 radical (unpaired) electrons. The highest BCUT2D eigenvalue weighted by Gasteiger charge is 2.17. The van der Waals surface area contributed by atoms with E-state index in [1.807, 2.05) is 29.5 Å². The Morgan fingerprint density at radius 1 is 0.215 bits per heavy atom. The van der Waals surface area contributed by atoms with Gasteiger partial charge in [0.1, 0.15) is 0 Å². The number of nitrogens with zero attached hydrogens (tertiary/aromatic N) is 3. The highest BCUT2D eigenvalue weighted by atomic mass is 32.1. The highest BCUT2D eigenvalue weighted by molar-refractivity contribution is 7.25. The molecule has 12 aromatic rings. The van der Waals surface area contributed by atoms with Crippen molar-refractivity contribution >= 4 is 42.3 Å². The molecule has 0 amide bonds. The van der Waals surface area contributed by atoms with Crippen molar-refractivity contribution in [1.29, 1.82) is 0 Å². The lowest BCUT2D eigenvalue weighted by molar-refractivity contribution is 1.07. The van der Waals surface area contributed by atoms with E-state index in [1.54, 1.807) is 0 Å². The van der Waals surface area contributed by atoms with Crippen molar-refractivity contribution in [3.63, 3.8) is 0 Å². The van der Waals surface area contributed by atoms with Crippen LogP contribution in [0.5, 0.6) is 0 Å². The molecule has 0 spiro atoms. The topological polar surface area (TPSA) is 38.7 Å². The van der Waals surface area contributed by atoms with Gasteiger partial charge in [-0.15, -0.1) is 11.3 Å². The second-order valence-corrected chi connectivity index (χ2v) is 17.4. The molecule has 0 fully saturated rings. The Morgan fingerprint density at radius 3 is 1.20 bits per heavy atom. The molecular formula is C61H39N3S. The van der Waals surface area contributed by atoms with Crippen molar-refractivity contribution in [3.8, 4) is 89.8 Å². The van der Waals surface area contributed by atoms with Crippen LogP contribution in [0.15, 0.2) is 237 Å². The van der Waals surface area contributed by atoms with Crippen LogP contribution in [0.4, 0.5) is 0 Å². The molecule has 0 saturated heterocycles. The second kappa shape index (κ2) is 16.4. The third kappa shape index (κ3) is 7.16. The van der Waals surface area contributed by atoms with E-state index in [-0.39, 0.29) is 0 Å². The van der Waals surface area contributed by atoms with E-state index in [1.165, 1.54) is 64.3 Å². The van der Waals surface area contributed by atoms with Gasteiger partial charge < -0.3 is 0 Å². The predicted molar refractivity (Wildman–Crippen MR) is 274 cm³/mol. The van der Waals surface area contributed by atoms with E-state index in [0.717, 1.165) is 38.9 Å². The van der Waals surface area contributed by atoms with Crippen LogP contribution >= 0.6 is 11.3 Å². The molecule has 0 atom stereocenters. The van der Waals surface area contributed by atoms with Crippen LogP contribution in [-0.4, -0.2) is 15.0 Å². The lowest BCUT2D eigenvalue weighted by Crippen LogP contribution is -2.01. The van der Waals surface area contributed by atoms with Crippen LogP contribution in [0.1, 0.15) is 0 Å². The summed E-state index contributed by atoms with van der Waals surface area (Å²) in [5.41, 5.74) is 14.5. The molecule has 0 bridgehead atoms. The fraction of sp³-hybridized carbons (Fsp3) is 0. The molecule has 0 unspecified atom stereocenters. The molecule has 4 heteroatoms. The third-order valence-electron chi connectivity index (χ3n) is 12.4. The van der Waals surface area contributed by atoms with E-state index in [9.17, 15) is 0 Å². The van der Waals surface area contributed by atoms with E-state index in [4.69, 9.17) is 15.0 Å². The second-order valence-electron chi connectivity index (χ2n) is 16.3. The first kappa shape index (κ1) is 38.4. The number of fused-ring (bicyclic) bond motifs is 4. The molecule has 12 rings (SSSR count). The van der Waals surface area contributed by atoms with Gasteiger partial charge in [-0.25, -0.2) is 15.0 Å². The maximum absolute atomic E-state index is 5.18. The van der Waals surface area contributed by atoms with E-state index < -0.39 is 0 Å². The zero-order valence-electron chi connectivity index (χ0n) is 35.3. The van der Waals surface area contributed by atoms with E-state index >= 15 is 0 Å². The average Bonchev–Trinajstić information content (AvgIpc) is 3.78. The lowest BCUT2D eigenvalue weighted by Gasteiger charge is -2.14. The van der Waals surface area contributed by atoms with Gasteiger partial charge in [0.25, 0.3) is 0 Å². The minimum Gasteiger partial charge on any atom is -0.208 e. The zero-order chi connectivity index (χ0) is 43.1. The molecule has 2 aromatic heterocycles. The third-order valence-corrected chi connectivity index (χ3v) is 13.6. The molecule has 10 aromatic carbocycles. The Hall–Kier alpha value is -8.31. The number of rotatable bonds is 8. The zero-order valence-corrected chi connectivity index (χ0v) is 36.1. The van der Waals surface area contributed by atoms with Crippen LogP contribution in [0, 0.1) is 0 Å². The summed E-state index contributed by atoms with van der Waals surface area (Å²) in [6.07, 6.45) is 0. The molecular weight excluding hydrogens is 807 g/mol. The summed E-state index contributed by atoms with van der Waals surface area (Å²) in [6.45, 7) is 0. The van der Waals surface area contributed by atoms with Crippen molar-refractivity contribution in [2.75, 3.05) is 0 Å². The Balaban J connectivity index is 0.902. The molecule has 304 valence electrons. The van der Waals surface area contributed by atoms with Crippen molar-refractivity contribution in [3.05, 3.63) is 237 Å². The SMILES string of the molecule is c1ccc(-c2ccc(-c3nc(-c4ccc(-c5ccc(-c6ccc(-c7cccc8sc9ccccc9c78)cc6)c6ccccc56)cc4)nc(-c4ccccc4-c4ccccc4)n3)cc2)cc1. The van der Waals surface area contributed by atoms with Gasteiger partial charge in [0.2, 0.25) is 0 Å². The summed E-state index contributed by atoms with van der Waals surface area (Å²) in [5.74, 6) is 1.88. The van der Waals surface area contributed by atoms with Crippen LogP contribution < -0.4 is 0 Å². The summed E-state index contributed by atoms with van der Waals surface area (Å²) < 4.78 is 2.64. The summed E-state index contributed by atoms with van der Waals surface area (Å²) in [7, 11) is 0. The highest BCUT2D eigenvalue weighted by Crippen LogP contribution is 2.42. The predicted octanol–water partition coefficient (Wildman–Crippen LogP) is 16.7. The molecule has 0 saturated carbocycles. The monoisotopic (exact) mass is 845 g/mol. The summed E-state index contributed by atoms with van der Waals surface area (Å²) >= 11 is 1.86. The Kier molecular flexibility index (Phi) is 9.70. The first-order chi connectivity index (χ1) is 32.2. The number of thiophene rings is 1.